The number of benzene rings is 1. The Kier molecular flexibility index (Phi) is 5.63. The summed E-state index contributed by atoms with van der Waals surface area (Å²) in [5.41, 5.74) is 2.16. The molecule has 1 aromatic heterocycles. The highest BCUT2D eigenvalue weighted by molar-refractivity contribution is 9.10. The molecule has 0 saturated carbocycles. The standard InChI is InChI=1S/C15H17Br2N3O2/c1-8(2)13-12(17)14(20-19-13)15(21)18-7-9-6-10(16)4-5-11(9)22-3/h4-6,8H,7H2,1-3H3,(H,18,21)(H,19,20). The Balaban J connectivity index is 2.12. The number of ether oxygens (including phenoxy) is 1. The second-order valence-corrected chi connectivity index (χ2v) is 6.80. The van der Waals surface area contributed by atoms with Crippen molar-refractivity contribution in [1.82, 2.24) is 15.5 Å². The second kappa shape index (κ2) is 7.28. The lowest BCUT2D eigenvalue weighted by atomic mass is 10.1. The van der Waals surface area contributed by atoms with Crippen molar-refractivity contribution in [1.29, 1.82) is 0 Å². The van der Waals surface area contributed by atoms with Crippen LogP contribution in [0.5, 0.6) is 5.75 Å². The number of carbonyl (C=O) groups is 1. The summed E-state index contributed by atoms with van der Waals surface area (Å²) in [4.78, 5) is 12.3. The third-order valence-electron chi connectivity index (χ3n) is 3.21. The third-order valence-corrected chi connectivity index (χ3v) is 4.50. The van der Waals surface area contributed by atoms with Crippen LogP contribution in [0.2, 0.25) is 0 Å². The largest absolute Gasteiger partial charge is 0.496 e. The molecule has 5 nitrogen and oxygen atoms in total. The number of methoxy groups -OCH3 is 1. The molecule has 0 fully saturated rings. The van der Waals surface area contributed by atoms with Gasteiger partial charge in [-0.1, -0.05) is 29.8 Å². The van der Waals surface area contributed by atoms with Gasteiger partial charge >= 0.3 is 0 Å². The predicted molar refractivity (Wildman–Crippen MR) is 92.2 cm³/mol. The molecular weight excluding hydrogens is 414 g/mol. The molecule has 22 heavy (non-hydrogen) atoms. The van der Waals surface area contributed by atoms with Crippen molar-refractivity contribution < 1.29 is 9.53 Å². The van der Waals surface area contributed by atoms with Gasteiger partial charge in [0.15, 0.2) is 5.69 Å². The van der Waals surface area contributed by atoms with Gasteiger partial charge in [0.1, 0.15) is 5.75 Å². The van der Waals surface area contributed by atoms with Gasteiger partial charge in [-0.15, -0.1) is 0 Å². The van der Waals surface area contributed by atoms with E-state index in [0.717, 1.165) is 21.5 Å². The smallest absolute Gasteiger partial charge is 0.273 e. The van der Waals surface area contributed by atoms with Gasteiger partial charge in [0, 0.05) is 16.6 Å². The first-order valence-electron chi connectivity index (χ1n) is 6.78. The summed E-state index contributed by atoms with van der Waals surface area (Å²) in [6.45, 7) is 4.43. The Morgan fingerprint density at radius 3 is 2.73 bits per heavy atom. The predicted octanol–water partition coefficient (Wildman–Crippen LogP) is 4.00. The van der Waals surface area contributed by atoms with Crippen molar-refractivity contribution in [2.75, 3.05) is 7.11 Å². The molecule has 0 spiro atoms. The summed E-state index contributed by atoms with van der Waals surface area (Å²) in [6.07, 6.45) is 0. The highest BCUT2D eigenvalue weighted by atomic mass is 79.9. The van der Waals surface area contributed by atoms with Crippen LogP contribution in [0.1, 0.15) is 41.5 Å². The zero-order chi connectivity index (χ0) is 16.3. The highest BCUT2D eigenvalue weighted by Crippen LogP contribution is 2.26. The number of halogens is 2. The minimum Gasteiger partial charge on any atom is -0.496 e. The van der Waals surface area contributed by atoms with E-state index in [0.29, 0.717) is 16.7 Å². The van der Waals surface area contributed by atoms with Crippen molar-refractivity contribution in [3.8, 4) is 5.75 Å². The van der Waals surface area contributed by atoms with Crippen molar-refractivity contribution in [2.24, 2.45) is 0 Å². The number of nitrogens with zero attached hydrogens (tertiary/aromatic N) is 1. The Labute approximate surface area is 146 Å². The lowest BCUT2D eigenvalue weighted by Crippen LogP contribution is -2.23. The number of amides is 1. The van der Waals surface area contributed by atoms with Gasteiger partial charge in [-0.25, -0.2) is 0 Å². The second-order valence-electron chi connectivity index (χ2n) is 5.09. The fraction of sp³-hybridized carbons (Fsp3) is 0.333. The number of hydrogen-bond acceptors (Lipinski definition) is 3. The van der Waals surface area contributed by atoms with E-state index >= 15 is 0 Å². The Bertz CT molecular complexity index is 683. The fourth-order valence-corrected chi connectivity index (χ4v) is 3.24. The van der Waals surface area contributed by atoms with E-state index in [-0.39, 0.29) is 11.8 Å². The maximum atomic E-state index is 12.3. The number of hydrogen-bond donors (Lipinski definition) is 2. The van der Waals surface area contributed by atoms with E-state index in [1.54, 1.807) is 7.11 Å². The van der Waals surface area contributed by atoms with Gasteiger partial charge < -0.3 is 10.1 Å². The molecule has 1 heterocycles. The average molecular weight is 431 g/mol. The number of carbonyl (C=O) groups excluding carboxylic acids is 1. The molecule has 2 rings (SSSR count). The Morgan fingerprint density at radius 1 is 1.41 bits per heavy atom. The topological polar surface area (TPSA) is 67.0 Å². The Morgan fingerprint density at radius 2 is 2.14 bits per heavy atom. The van der Waals surface area contributed by atoms with Crippen LogP contribution in [0.15, 0.2) is 27.1 Å². The molecule has 0 radical (unpaired) electrons. The van der Waals surface area contributed by atoms with E-state index in [2.05, 4.69) is 47.4 Å². The van der Waals surface area contributed by atoms with Crippen LogP contribution >= 0.6 is 31.9 Å². The molecule has 0 aliphatic heterocycles. The number of aromatic nitrogens is 2. The van der Waals surface area contributed by atoms with Gasteiger partial charge in [0.05, 0.1) is 17.3 Å². The van der Waals surface area contributed by atoms with Crippen LogP contribution in [0, 0.1) is 0 Å². The molecule has 0 aliphatic rings. The molecule has 2 aromatic rings. The Hall–Kier alpha value is -1.34. The van der Waals surface area contributed by atoms with E-state index in [4.69, 9.17) is 4.74 Å². The first-order valence-corrected chi connectivity index (χ1v) is 8.37. The van der Waals surface area contributed by atoms with E-state index < -0.39 is 0 Å². The van der Waals surface area contributed by atoms with Crippen LogP contribution in [0.4, 0.5) is 0 Å². The van der Waals surface area contributed by atoms with Gasteiger partial charge in [-0.05, 0) is 40.0 Å². The van der Waals surface area contributed by atoms with Gasteiger partial charge in [0.25, 0.3) is 5.91 Å². The SMILES string of the molecule is COc1ccc(Br)cc1CNC(=O)c1n[nH]c(C(C)C)c1Br. The maximum Gasteiger partial charge on any atom is 0.273 e. The molecular formula is C15H17Br2N3O2. The molecule has 0 bridgehead atoms. The number of rotatable bonds is 5. The van der Waals surface area contributed by atoms with E-state index in [1.807, 2.05) is 32.0 Å². The average Bonchev–Trinajstić information content (AvgIpc) is 2.87. The maximum absolute atomic E-state index is 12.3. The summed E-state index contributed by atoms with van der Waals surface area (Å²) in [7, 11) is 1.60. The first kappa shape index (κ1) is 17.0. The summed E-state index contributed by atoms with van der Waals surface area (Å²) < 4.78 is 6.93. The van der Waals surface area contributed by atoms with Crippen LogP contribution < -0.4 is 10.1 Å². The van der Waals surface area contributed by atoms with Crippen molar-refractivity contribution >= 4 is 37.8 Å². The normalized spacial score (nSPS) is 10.8. The molecule has 0 aliphatic carbocycles. The first-order chi connectivity index (χ1) is 10.4. The minimum atomic E-state index is -0.239. The van der Waals surface area contributed by atoms with Crippen molar-refractivity contribution in [3.05, 3.63) is 44.1 Å². The number of aromatic amines is 1. The minimum absolute atomic E-state index is 0.239. The molecule has 0 atom stereocenters. The molecule has 7 heteroatoms. The molecule has 0 saturated heterocycles. The summed E-state index contributed by atoms with van der Waals surface area (Å²) in [6, 6.07) is 5.66. The van der Waals surface area contributed by atoms with Gasteiger partial charge in [-0.3, -0.25) is 9.89 Å². The highest BCUT2D eigenvalue weighted by Gasteiger charge is 2.19. The van der Waals surface area contributed by atoms with E-state index in [9.17, 15) is 4.79 Å². The number of H-pyrrole nitrogens is 1. The monoisotopic (exact) mass is 429 g/mol. The zero-order valence-corrected chi connectivity index (χ0v) is 15.7. The van der Waals surface area contributed by atoms with Gasteiger partial charge in [0.2, 0.25) is 0 Å². The van der Waals surface area contributed by atoms with Crippen LogP contribution in [-0.4, -0.2) is 23.2 Å². The van der Waals surface area contributed by atoms with Crippen molar-refractivity contribution in [3.63, 3.8) is 0 Å². The lowest BCUT2D eigenvalue weighted by molar-refractivity contribution is 0.0945. The van der Waals surface area contributed by atoms with Crippen LogP contribution in [0.3, 0.4) is 0 Å². The fourth-order valence-electron chi connectivity index (χ4n) is 2.02. The summed E-state index contributed by atoms with van der Waals surface area (Å²) >= 11 is 6.85. The molecule has 0 unspecified atom stereocenters. The summed E-state index contributed by atoms with van der Waals surface area (Å²) in [5, 5.41) is 9.84. The third kappa shape index (κ3) is 3.70. The van der Waals surface area contributed by atoms with Crippen LogP contribution in [0.25, 0.3) is 0 Å². The zero-order valence-electron chi connectivity index (χ0n) is 12.5. The molecule has 118 valence electrons. The lowest BCUT2D eigenvalue weighted by Gasteiger charge is -2.10. The molecule has 1 amide bonds. The molecule has 2 N–H and O–H groups in total. The van der Waals surface area contributed by atoms with Crippen molar-refractivity contribution in [2.45, 2.75) is 26.3 Å². The summed E-state index contributed by atoms with van der Waals surface area (Å²) in [5.74, 6) is 0.748. The quantitative estimate of drug-likeness (QED) is 0.753. The van der Waals surface area contributed by atoms with Gasteiger partial charge in [-0.2, -0.15) is 5.10 Å². The van der Waals surface area contributed by atoms with E-state index in [1.165, 1.54) is 0 Å². The number of nitrogens with one attached hydrogen (secondary N) is 2. The molecule has 1 aromatic carbocycles. The van der Waals surface area contributed by atoms with Crippen LogP contribution in [-0.2, 0) is 6.54 Å².